The highest BCUT2D eigenvalue weighted by Gasteiger charge is 2.28. The average Bonchev–Trinajstić information content (AvgIpc) is 2.77. The van der Waals surface area contributed by atoms with Crippen LogP contribution >= 0.6 is 31.9 Å². The van der Waals surface area contributed by atoms with Gasteiger partial charge in [0.2, 0.25) is 0 Å². The number of amides is 2. The molecule has 172 valence electrons. The first-order valence-electron chi connectivity index (χ1n) is 10.7. The number of nitrogens with one attached hydrogen (secondary N) is 2. The molecule has 0 bridgehead atoms. The van der Waals surface area contributed by atoms with Gasteiger partial charge in [0.25, 0.3) is 11.8 Å². The molecule has 0 aliphatic heterocycles. The van der Waals surface area contributed by atoms with Crippen LogP contribution in [-0.4, -0.2) is 37.1 Å². The third-order valence-electron chi connectivity index (χ3n) is 5.46. The zero-order valence-corrected chi connectivity index (χ0v) is 21.4. The Labute approximate surface area is 205 Å². The Morgan fingerprint density at radius 2 is 1.22 bits per heavy atom. The number of halogens is 2. The molecule has 2 aromatic rings. The Kier molecular flexibility index (Phi) is 8.99. The summed E-state index contributed by atoms with van der Waals surface area (Å²) in [6.45, 7) is 3.80. The molecule has 1 fully saturated rings. The molecule has 1 aliphatic carbocycles. The zero-order valence-electron chi connectivity index (χ0n) is 18.3. The average molecular weight is 568 g/mol. The van der Waals surface area contributed by atoms with Crippen molar-refractivity contribution >= 4 is 43.7 Å². The summed E-state index contributed by atoms with van der Waals surface area (Å²) in [5.74, 6) is 0.904. The van der Waals surface area contributed by atoms with E-state index in [-0.39, 0.29) is 37.1 Å². The number of benzene rings is 2. The summed E-state index contributed by atoms with van der Waals surface area (Å²) in [5.41, 5.74) is 2.08. The first-order valence-corrected chi connectivity index (χ1v) is 12.3. The van der Waals surface area contributed by atoms with Crippen LogP contribution in [-0.2, 0) is 9.59 Å². The largest absolute Gasteiger partial charge is 0.484 e. The maximum absolute atomic E-state index is 12.5. The lowest BCUT2D eigenvalue weighted by Crippen LogP contribution is -2.54. The number of carbonyl (C=O) groups is 2. The van der Waals surface area contributed by atoms with Crippen LogP contribution in [0.4, 0.5) is 0 Å². The summed E-state index contributed by atoms with van der Waals surface area (Å²) in [4.78, 5) is 24.9. The van der Waals surface area contributed by atoms with Crippen LogP contribution in [0.25, 0.3) is 0 Å². The summed E-state index contributed by atoms with van der Waals surface area (Å²) in [5, 5.41) is 6.05. The summed E-state index contributed by atoms with van der Waals surface area (Å²) in [6, 6.07) is 11.0. The number of carbonyl (C=O) groups excluding carboxylic acids is 2. The van der Waals surface area contributed by atoms with Crippen molar-refractivity contribution in [3.63, 3.8) is 0 Å². The van der Waals surface area contributed by atoms with E-state index in [9.17, 15) is 9.59 Å². The highest BCUT2D eigenvalue weighted by Crippen LogP contribution is 2.23. The molecule has 3 rings (SSSR count). The molecule has 1 saturated carbocycles. The smallest absolute Gasteiger partial charge is 0.258 e. The monoisotopic (exact) mass is 566 g/mol. The minimum atomic E-state index is -0.196. The van der Waals surface area contributed by atoms with Gasteiger partial charge >= 0.3 is 0 Å². The summed E-state index contributed by atoms with van der Waals surface area (Å²) in [7, 11) is 0. The fraction of sp³-hybridized carbons (Fsp3) is 0.417. The van der Waals surface area contributed by atoms with E-state index in [1.165, 1.54) is 0 Å². The van der Waals surface area contributed by atoms with Gasteiger partial charge in [-0.3, -0.25) is 9.59 Å². The first-order chi connectivity index (χ1) is 15.3. The lowest BCUT2D eigenvalue weighted by Gasteiger charge is -2.32. The summed E-state index contributed by atoms with van der Waals surface area (Å²) in [6.07, 6.45) is 3.67. The Morgan fingerprint density at radius 1 is 0.812 bits per heavy atom. The second kappa shape index (κ2) is 11.7. The maximum Gasteiger partial charge on any atom is 0.258 e. The van der Waals surface area contributed by atoms with Crippen LogP contribution in [0.2, 0.25) is 0 Å². The van der Waals surface area contributed by atoms with Gasteiger partial charge in [-0.2, -0.15) is 0 Å². The van der Waals surface area contributed by atoms with Crippen molar-refractivity contribution in [2.24, 2.45) is 0 Å². The molecule has 2 aromatic carbocycles. The molecule has 2 atom stereocenters. The molecule has 0 spiro atoms. The fourth-order valence-corrected chi connectivity index (χ4v) is 4.18. The number of hydrogen-bond donors (Lipinski definition) is 2. The Morgan fingerprint density at radius 3 is 1.59 bits per heavy atom. The minimum absolute atomic E-state index is 0.0652. The molecular weight excluding hydrogens is 540 g/mol. The van der Waals surface area contributed by atoms with Gasteiger partial charge in [0, 0.05) is 21.0 Å². The zero-order chi connectivity index (χ0) is 23.1. The van der Waals surface area contributed by atoms with E-state index >= 15 is 0 Å². The van der Waals surface area contributed by atoms with E-state index in [2.05, 4.69) is 42.5 Å². The van der Waals surface area contributed by atoms with Crippen LogP contribution < -0.4 is 20.1 Å². The van der Waals surface area contributed by atoms with Crippen LogP contribution in [0.15, 0.2) is 45.3 Å². The van der Waals surface area contributed by atoms with Gasteiger partial charge in [-0.1, -0.05) is 44.7 Å². The quantitative estimate of drug-likeness (QED) is 0.479. The third kappa shape index (κ3) is 7.24. The number of hydrogen-bond acceptors (Lipinski definition) is 4. The van der Waals surface area contributed by atoms with Gasteiger partial charge in [0.05, 0.1) is 0 Å². The first kappa shape index (κ1) is 24.6. The van der Waals surface area contributed by atoms with E-state index in [1.807, 2.05) is 50.2 Å². The van der Waals surface area contributed by atoms with Gasteiger partial charge in [-0.05, 0) is 74.2 Å². The van der Waals surface area contributed by atoms with Gasteiger partial charge in [-0.15, -0.1) is 0 Å². The Bertz CT molecular complexity index is 890. The minimum Gasteiger partial charge on any atom is -0.484 e. The Hall–Kier alpha value is -2.06. The molecule has 6 nitrogen and oxygen atoms in total. The lowest BCUT2D eigenvalue weighted by molar-refractivity contribution is -0.127. The molecule has 1 aliphatic rings. The van der Waals surface area contributed by atoms with Crippen molar-refractivity contribution in [1.82, 2.24) is 10.6 Å². The topological polar surface area (TPSA) is 76.7 Å². The van der Waals surface area contributed by atoms with Crippen LogP contribution in [0.5, 0.6) is 11.5 Å². The lowest BCUT2D eigenvalue weighted by atomic mass is 9.90. The normalized spacial score (nSPS) is 18.0. The second-order valence-corrected chi connectivity index (χ2v) is 9.74. The van der Waals surface area contributed by atoms with E-state index in [1.54, 1.807) is 0 Å². The van der Waals surface area contributed by atoms with Crippen molar-refractivity contribution < 1.29 is 19.1 Å². The molecule has 0 radical (unpaired) electrons. The molecule has 32 heavy (non-hydrogen) atoms. The van der Waals surface area contributed by atoms with Gasteiger partial charge < -0.3 is 20.1 Å². The molecule has 2 amide bonds. The molecule has 0 aromatic heterocycles. The van der Waals surface area contributed by atoms with Crippen molar-refractivity contribution in [3.8, 4) is 11.5 Å². The molecular formula is C24H28Br2N2O4. The molecule has 0 heterocycles. The third-order valence-corrected chi connectivity index (χ3v) is 7.24. The van der Waals surface area contributed by atoms with Gasteiger partial charge in [-0.25, -0.2) is 0 Å². The summed E-state index contributed by atoms with van der Waals surface area (Å²) < 4.78 is 13.2. The second-order valence-electron chi connectivity index (χ2n) is 8.03. The predicted molar refractivity (Wildman–Crippen MR) is 131 cm³/mol. The van der Waals surface area contributed by atoms with Crippen molar-refractivity contribution in [1.29, 1.82) is 0 Å². The van der Waals surface area contributed by atoms with Crippen LogP contribution in [0.3, 0.4) is 0 Å². The SMILES string of the molecule is Cc1cc(OCC(=O)N[C@@H]2CCCC[C@H]2NC(=O)COc2ccc(Br)c(C)c2)ccc1Br. The van der Waals surface area contributed by atoms with Gasteiger partial charge in [0.1, 0.15) is 11.5 Å². The molecule has 8 heteroatoms. The number of ether oxygens (including phenoxy) is 2. The fourth-order valence-electron chi connectivity index (χ4n) is 3.68. The van der Waals surface area contributed by atoms with Crippen LogP contribution in [0.1, 0.15) is 36.8 Å². The highest BCUT2D eigenvalue weighted by molar-refractivity contribution is 9.10. The standard InChI is InChI=1S/C24H28Br2N2O4/c1-15-11-17(7-9-19(15)25)31-13-23(29)27-21-5-3-4-6-22(21)28-24(30)14-32-18-8-10-20(26)16(2)12-18/h7-12,21-22H,3-6,13-14H2,1-2H3,(H,27,29)(H,28,30)/t21-,22-/m1/s1. The Balaban J connectivity index is 1.47. The van der Waals surface area contributed by atoms with Crippen molar-refractivity contribution in [2.75, 3.05) is 13.2 Å². The highest BCUT2D eigenvalue weighted by atomic mass is 79.9. The molecule has 0 saturated heterocycles. The van der Waals surface area contributed by atoms with E-state index in [4.69, 9.17) is 9.47 Å². The molecule has 0 unspecified atom stereocenters. The van der Waals surface area contributed by atoms with Crippen molar-refractivity contribution in [2.45, 2.75) is 51.6 Å². The maximum atomic E-state index is 12.5. The van der Waals surface area contributed by atoms with E-state index in [0.29, 0.717) is 11.5 Å². The number of rotatable bonds is 8. The summed E-state index contributed by atoms with van der Waals surface area (Å²) >= 11 is 6.90. The van der Waals surface area contributed by atoms with Crippen molar-refractivity contribution in [3.05, 3.63) is 56.5 Å². The predicted octanol–water partition coefficient (Wildman–Crippen LogP) is 4.83. The van der Waals surface area contributed by atoms with Gasteiger partial charge in [0.15, 0.2) is 13.2 Å². The molecule has 2 N–H and O–H groups in total. The van der Waals surface area contributed by atoms with E-state index < -0.39 is 0 Å². The van der Waals surface area contributed by atoms with Crippen LogP contribution in [0, 0.1) is 13.8 Å². The number of aryl methyl sites for hydroxylation is 2. The van der Waals surface area contributed by atoms with E-state index in [0.717, 1.165) is 45.8 Å².